The van der Waals surface area contributed by atoms with Crippen LogP contribution in [0.15, 0.2) is 24.4 Å². The van der Waals surface area contributed by atoms with Crippen molar-refractivity contribution in [1.29, 1.82) is 0 Å². The molecular weight excluding hydrogens is 170 g/mol. The second kappa shape index (κ2) is 3.92. The maximum atomic E-state index is 5.58. The largest absolute Gasteiger partial charge is 0.370 e. The number of aromatic nitrogens is 1. The van der Waals surface area contributed by atoms with Gasteiger partial charge in [-0.2, -0.15) is 11.8 Å². The van der Waals surface area contributed by atoms with Crippen molar-refractivity contribution in [2.75, 3.05) is 18.1 Å². The molecule has 1 atom stereocenters. The van der Waals surface area contributed by atoms with E-state index in [0.29, 0.717) is 0 Å². The molecule has 2 rings (SSSR count). The van der Waals surface area contributed by atoms with Crippen LogP contribution in [0.2, 0.25) is 0 Å². The zero-order chi connectivity index (χ0) is 8.23. The number of ether oxygens (including phenoxy) is 1. The third-order valence-corrected chi connectivity index (χ3v) is 2.83. The molecule has 1 fully saturated rings. The summed E-state index contributed by atoms with van der Waals surface area (Å²) in [7, 11) is 0. The van der Waals surface area contributed by atoms with Gasteiger partial charge in [0.1, 0.15) is 6.10 Å². The first-order valence-corrected chi connectivity index (χ1v) is 5.22. The molecule has 1 unspecified atom stereocenters. The summed E-state index contributed by atoms with van der Waals surface area (Å²) in [5.74, 6) is 2.15. The molecule has 2 heterocycles. The number of nitrogens with zero attached hydrogens (tertiary/aromatic N) is 1. The lowest BCUT2D eigenvalue weighted by Gasteiger charge is -2.21. The molecule has 1 aliphatic rings. The Balaban J connectivity index is 2.08. The van der Waals surface area contributed by atoms with Crippen LogP contribution < -0.4 is 0 Å². The molecule has 12 heavy (non-hydrogen) atoms. The highest BCUT2D eigenvalue weighted by Crippen LogP contribution is 2.24. The van der Waals surface area contributed by atoms with Gasteiger partial charge < -0.3 is 4.74 Å². The summed E-state index contributed by atoms with van der Waals surface area (Å²) in [6.45, 7) is 0.853. The number of hydrogen-bond donors (Lipinski definition) is 0. The Labute approximate surface area is 76.3 Å². The molecule has 0 radical (unpaired) electrons. The Morgan fingerprint density at radius 2 is 2.50 bits per heavy atom. The lowest BCUT2D eigenvalue weighted by Crippen LogP contribution is -2.16. The highest BCUT2D eigenvalue weighted by Gasteiger charge is 2.16. The predicted molar refractivity (Wildman–Crippen MR) is 50.3 cm³/mol. The minimum Gasteiger partial charge on any atom is -0.370 e. The van der Waals surface area contributed by atoms with Crippen LogP contribution in [0.1, 0.15) is 11.8 Å². The summed E-state index contributed by atoms with van der Waals surface area (Å²) < 4.78 is 5.58. The lowest BCUT2D eigenvalue weighted by atomic mass is 10.2. The fourth-order valence-electron chi connectivity index (χ4n) is 1.22. The second-order valence-corrected chi connectivity index (χ2v) is 3.84. The number of thioether (sulfide) groups is 1. The molecule has 0 aromatic carbocycles. The van der Waals surface area contributed by atoms with Crippen LogP contribution in [-0.2, 0) is 4.74 Å². The normalized spacial score (nSPS) is 23.8. The van der Waals surface area contributed by atoms with E-state index in [4.69, 9.17) is 4.74 Å². The van der Waals surface area contributed by atoms with Gasteiger partial charge in [-0.25, -0.2) is 0 Å². The second-order valence-electron chi connectivity index (χ2n) is 2.69. The van der Waals surface area contributed by atoms with E-state index >= 15 is 0 Å². The van der Waals surface area contributed by atoms with Crippen molar-refractivity contribution < 1.29 is 4.74 Å². The first-order valence-electron chi connectivity index (χ1n) is 4.07. The highest BCUT2D eigenvalue weighted by molar-refractivity contribution is 7.99. The molecule has 1 saturated heterocycles. The standard InChI is InChI=1S/C9H11NOS/c1-2-4-10-8(3-1)9-7-12-6-5-11-9/h1-4,9H,5-7H2. The molecular formula is C9H11NOS. The first kappa shape index (κ1) is 8.08. The van der Waals surface area contributed by atoms with Gasteiger partial charge in [-0.3, -0.25) is 4.98 Å². The summed E-state index contributed by atoms with van der Waals surface area (Å²) in [6.07, 6.45) is 2.03. The summed E-state index contributed by atoms with van der Waals surface area (Å²) in [4.78, 5) is 4.26. The van der Waals surface area contributed by atoms with Gasteiger partial charge in [-0.05, 0) is 12.1 Å². The van der Waals surface area contributed by atoms with E-state index in [1.165, 1.54) is 0 Å². The monoisotopic (exact) mass is 181 g/mol. The number of rotatable bonds is 1. The molecule has 0 bridgehead atoms. The van der Waals surface area contributed by atoms with Crippen LogP contribution >= 0.6 is 11.8 Å². The SMILES string of the molecule is c1ccc(C2CSCCO2)nc1. The van der Waals surface area contributed by atoms with Crippen molar-refractivity contribution in [3.63, 3.8) is 0 Å². The van der Waals surface area contributed by atoms with Crippen molar-refractivity contribution in [2.24, 2.45) is 0 Å². The molecule has 0 N–H and O–H groups in total. The zero-order valence-corrected chi connectivity index (χ0v) is 7.59. The summed E-state index contributed by atoms with van der Waals surface area (Å²) >= 11 is 1.93. The fraction of sp³-hybridized carbons (Fsp3) is 0.444. The Hall–Kier alpha value is -0.540. The fourth-order valence-corrected chi connectivity index (χ4v) is 2.09. The summed E-state index contributed by atoms with van der Waals surface area (Å²) in [6, 6.07) is 5.96. The molecule has 0 aliphatic carbocycles. The van der Waals surface area contributed by atoms with E-state index < -0.39 is 0 Å². The average Bonchev–Trinajstić information content (AvgIpc) is 2.21. The molecule has 0 spiro atoms. The third-order valence-electron chi connectivity index (χ3n) is 1.83. The maximum absolute atomic E-state index is 5.58. The van der Waals surface area contributed by atoms with Gasteiger partial charge in [-0.1, -0.05) is 6.07 Å². The lowest BCUT2D eigenvalue weighted by molar-refractivity contribution is 0.0727. The van der Waals surface area contributed by atoms with Gasteiger partial charge in [0.2, 0.25) is 0 Å². The zero-order valence-electron chi connectivity index (χ0n) is 6.77. The summed E-state index contributed by atoms with van der Waals surface area (Å²) in [5.41, 5.74) is 1.06. The van der Waals surface area contributed by atoms with Crippen LogP contribution in [0.5, 0.6) is 0 Å². The van der Waals surface area contributed by atoms with Gasteiger partial charge >= 0.3 is 0 Å². The molecule has 0 saturated carbocycles. The Morgan fingerprint density at radius 3 is 3.17 bits per heavy atom. The Kier molecular flexibility index (Phi) is 2.64. The number of hydrogen-bond acceptors (Lipinski definition) is 3. The molecule has 0 amide bonds. The molecule has 64 valence electrons. The van der Waals surface area contributed by atoms with E-state index in [9.17, 15) is 0 Å². The minimum atomic E-state index is 0.213. The number of pyridine rings is 1. The molecule has 1 aromatic rings. The van der Waals surface area contributed by atoms with Crippen molar-refractivity contribution in [3.05, 3.63) is 30.1 Å². The van der Waals surface area contributed by atoms with Crippen LogP contribution in [0.4, 0.5) is 0 Å². The van der Waals surface area contributed by atoms with E-state index in [0.717, 1.165) is 23.8 Å². The van der Waals surface area contributed by atoms with Gasteiger partial charge in [0.05, 0.1) is 12.3 Å². The van der Waals surface area contributed by atoms with Crippen LogP contribution in [0.25, 0.3) is 0 Å². The molecule has 1 aliphatic heterocycles. The quantitative estimate of drug-likeness (QED) is 0.660. The molecule has 2 nitrogen and oxygen atoms in total. The molecule has 3 heteroatoms. The van der Waals surface area contributed by atoms with Gasteiger partial charge in [0.15, 0.2) is 0 Å². The minimum absolute atomic E-state index is 0.213. The predicted octanol–water partition coefficient (Wildman–Crippen LogP) is 1.89. The van der Waals surface area contributed by atoms with Crippen LogP contribution in [-0.4, -0.2) is 23.1 Å². The Morgan fingerprint density at radius 1 is 1.50 bits per heavy atom. The van der Waals surface area contributed by atoms with Crippen molar-refractivity contribution >= 4 is 11.8 Å². The smallest absolute Gasteiger partial charge is 0.108 e. The van der Waals surface area contributed by atoms with E-state index in [2.05, 4.69) is 4.98 Å². The highest BCUT2D eigenvalue weighted by atomic mass is 32.2. The van der Waals surface area contributed by atoms with E-state index in [-0.39, 0.29) is 6.10 Å². The van der Waals surface area contributed by atoms with Crippen molar-refractivity contribution in [1.82, 2.24) is 4.98 Å². The van der Waals surface area contributed by atoms with Crippen LogP contribution in [0, 0.1) is 0 Å². The average molecular weight is 181 g/mol. The van der Waals surface area contributed by atoms with Gasteiger partial charge in [-0.15, -0.1) is 0 Å². The van der Waals surface area contributed by atoms with E-state index in [1.807, 2.05) is 36.2 Å². The third kappa shape index (κ3) is 1.79. The summed E-state index contributed by atoms with van der Waals surface area (Å²) in [5, 5.41) is 0. The van der Waals surface area contributed by atoms with Crippen molar-refractivity contribution in [2.45, 2.75) is 6.10 Å². The van der Waals surface area contributed by atoms with Crippen LogP contribution in [0.3, 0.4) is 0 Å². The first-order chi connectivity index (χ1) is 5.97. The van der Waals surface area contributed by atoms with Gasteiger partial charge in [0, 0.05) is 17.7 Å². The Bertz CT molecular complexity index is 234. The van der Waals surface area contributed by atoms with E-state index in [1.54, 1.807) is 0 Å². The van der Waals surface area contributed by atoms with Gasteiger partial charge in [0.25, 0.3) is 0 Å². The molecule has 1 aromatic heterocycles. The maximum Gasteiger partial charge on any atom is 0.108 e. The topological polar surface area (TPSA) is 22.1 Å². The van der Waals surface area contributed by atoms with Crippen molar-refractivity contribution in [3.8, 4) is 0 Å².